The van der Waals surface area contributed by atoms with Gasteiger partial charge in [-0.25, -0.2) is 0 Å². The van der Waals surface area contributed by atoms with Crippen molar-refractivity contribution in [2.24, 2.45) is 0 Å². The van der Waals surface area contributed by atoms with Crippen molar-refractivity contribution in [3.05, 3.63) is 48.5 Å². The average molecular weight is 327 g/mol. The molecule has 1 amide bonds. The quantitative estimate of drug-likeness (QED) is 0.871. The molecule has 1 saturated heterocycles. The molecule has 24 heavy (non-hydrogen) atoms. The lowest BCUT2D eigenvalue weighted by atomic mass is 10.2. The van der Waals surface area contributed by atoms with Gasteiger partial charge >= 0.3 is 0 Å². The van der Waals surface area contributed by atoms with Crippen LogP contribution in [0.25, 0.3) is 0 Å². The molecule has 126 valence electrons. The standard InChI is InChI=1S/C19H21NO4/c1-2-22-15-9-11-17(12-10-15)24-16-7-5-14(6-8-16)20-19(21)18-4-3-13-23-18/h5-12,18H,2-4,13H2,1H3,(H,20,21). The summed E-state index contributed by atoms with van der Waals surface area (Å²) in [6.07, 6.45) is 1.39. The van der Waals surface area contributed by atoms with E-state index < -0.39 is 0 Å². The van der Waals surface area contributed by atoms with Crippen LogP contribution in [0.3, 0.4) is 0 Å². The van der Waals surface area contributed by atoms with Crippen LogP contribution < -0.4 is 14.8 Å². The predicted molar refractivity (Wildman–Crippen MR) is 91.7 cm³/mol. The molecule has 1 N–H and O–H groups in total. The van der Waals surface area contributed by atoms with E-state index in [1.165, 1.54) is 0 Å². The molecule has 5 heteroatoms. The fourth-order valence-corrected chi connectivity index (χ4v) is 2.52. The highest BCUT2D eigenvalue weighted by Gasteiger charge is 2.23. The van der Waals surface area contributed by atoms with Crippen molar-refractivity contribution in [1.29, 1.82) is 0 Å². The van der Waals surface area contributed by atoms with Crippen LogP contribution in [0.5, 0.6) is 17.2 Å². The lowest BCUT2D eigenvalue weighted by Gasteiger charge is -2.11. The van der Waals surface area contributed by atoms with Crippen LogP contribution in [0.1, 0.15) is 19.8 Å². The Morgan fingerprint density at radius 1 is 1.08 bits per heavy atom. The molecular formula is C19H21NO4. The van der Waals surface area contributed by atoms with Gasteiger partial charge in [0.1, 0.15) is 23.4 Å². The Balaban J connectivity index is 1.56. The second kappa shape index (κ2) is 7.84. The molecule has 0 spiro atoms. The third kappa shape index (κ3) is 4.26. The maximum atomic E-state index is 12.0. The molecule has 5 nitrogen and oxygen atoms in total. The number of nitrogens with one attached hydrogen (secondary N) is 1. The topological polar surface area (TPSA) is 56.8 Å². The van der Waals surface area contributed by atoms with Crippen molar-refractivity contribution in [2.45, 2.75) is 25.9 Å². The number of amides is 1. The van der Waals surface area contributed by atoms with Crippen molar-refractivity contribution in [2.75, 3.05) is 18.5 Å². The van der Waals surface area contributed by atoms with E-state index in [-0.39, 0.29) is 12.0 Å². The van der Waals surface area contributed by atoms with Gasteiger partial charge in [0, 0.05) is 12.3 Å². The first kappa shape index (κ1) is 16.3. The first-order valence-electron chi connectivity index (χ1n) is 8.18. The Morgan fingerprint density at radius 3 is 2.29 bits per heavy atom. The van der Waals surface area contributed by atoms with Crippen LogP contribution in [0.4, 0.5) is 5.69 Å². The molecule has 1 aliphatic heterocycles. The van der Waals surface area contributed by atoms with E-state index in [9.17, 15) is 4.79 Å². The average Bonchev–Trinajstić information content (AvgIpc) is 3.13. The molecule has 1 fully saturated rings. The minimum absolute atomic E-state index is 0.0901. The first-order valence-corrected chi connectivity index (χ1v) is 8.18. The lowest BCUT2D eigenvalue weighted by molar-refractivity contribution is -0.124. The molecule has 1 heterocycles. The highest BCUT2D eigenvalue weighted by atomic mass is 16.5. The second-order valence-corrected chi connectivity index (χ2v) is 5.52. The largest absolute Gasteiger partial charge is 0.494 e. The van der Waals surface area contributed by atoms with E-state index in [0.717, 1.165) is 30.0 Å². The Bertz CT molecular complexity index is 661. The van der Waals surface area contributed by atoms with E-state index in [0.29, 0.717) is 19.0 Å². The number of rotatable bonds is 6. The highest BCUT2D eigenvalue weighted by molar-refractivity contribution is 5.94. The fourth-order valence-electron chi connectivity index (χ4n) is 2.52. The van der Waals surface area contributed by atoms with Gasteiger partial charge in [-0.3, -0.25) is 4.79 Å². The van der Waals surface area contributed by atoms with Gasteiger partial charge < -0.3 is 19.5 Å². The summed E-state index contributed by atoms with van der Waals surface area (Å²) in [6.45, 7) is 3.25. The zero-order valence-electron chi connectivity index (χ0n) is 13.7. The molecular weight excluding hydrogens is 306 g/mol. The maximum Gasteiger partial charge on any atom is 0.253 e. The van der Waals surface area contributed by atoms with Crippen LogP contribution in [-0.2, 0) is 9.53 Å². The number of hydrogen-bond acceptors (Lipinski definition) is 4. The summed E-state index contributed by atoms with van der Waals surface area (Å²) in [5.41, 5.74) is 0.731. The van der Waals surface area contributed by atoms with Gasteiger partial charge in [-0.2, -0.15) is 0 Å². The molecule has 1 atom stereocenters. The SMILES string of the molecule is CCOc1ccc(Oc2ccc(NC(=O)C3CCCO3)cc2)cc1. The Labute approximate surface area is 141 Å². The smallest absolute Gasteiger partial charge is 0.253 e. The molecule has 2 aromatic carbocycles. The summed E-state index contributed by atoms with van der Waals surface area (Å²) in [6, 6.07) is 14.7. The van der Waals surface area contributed by atoms with Crippen molar-refractivity contribution >= 4 is 11.6 Å². The third-order valence-electron chi connectivity index (χ3n) is 3.71. The number of anilines is 1. The summed E-state index contributed by atoms with van der Waals surface area (Å²) < 4.78 is 16.5. The van der Waals surface area contributed by atoms with Crippen molar-refractivity contribution < 1.29 is 19.0 Å². The lowest BCUT2D eigenvalue weighted by Crippen LogP contribution is -2.26. The van der Waals surface area contributed by atoms with E-state index in [4.69, 9.17) is 14.2 Å². The Kier molecular flexibility index (Phi) is 5.33. The van der Waals surface area contributed by atoms with E-state index in [1.807, 2.05) is 55.5 Å². The Hall–Kier alpha value is -2.53. The number of carbonyl (C=O) groups is 1. The molecule has 0 aromatic heterocycles. The van der Waals surface area contributed by atoms with Crippen molar-refractivity contribution in [3.63, 3.8) is 0 Å². The summed E-state index contributed by atoms with van der Waals surface area (Å²) in [5, 5.41) is 2.86. The normalized spacial score (nSPS) is 16.6. The molecule has 0 aliphatic carbocycles. The van der Waals surface area contributed by atoms with Crippen molar-refractivity contribution in [1.82, 2.24) is 0 Å². The monoisotopic (exact) mass is 327 g/mol. The van der Waals surface area contributed by atoms with E-state index >= 15 is 0 Å². The number of ether oxygens (including phenoxy) is 3. The number of carbonyl (C=O) groups excluding carboxylic acids is 1. The zero-order valence-corrected chi connectivity index (χ0v) is 13.7. The van der Waals surface area contributed by atoms with Crippen LogP contribution in [0.2, 0.25) is 0 Å². The van der Waals surface area contributed by atoms with Gasteiger partial charge in [-0.1, -0.05) is 0 Å². The third-order valence-corrected chi connectivity index (χ3v) is 3.71. The Morgan fingerprint density at radius 2 is 1.71 bits per heavy atom. The molecule has 1 aliphatic rings. The summed E-state index contributed by atoms with van der Waals surface area (Å²) in [5.74, 6) is 2.16. The van der Waals surface area contributed by atoms with Gasteiger partial charge in [-0.05, 0) is 68.3 Å². The molecule has 0 radical (unpaired) electrons. The zero-order chi connectivity index (χ0) is 16.8. The second-order valence-electron chi connectivity index (χ2n) is 5.52. The minimum atomic E-state index is -0.329. The van der Waals surface area contributed by atoms with Gasteiger partial charge in [0.25, 0.3) is 5.91 Å². The van der Waals surface area contributed by atoms with E-state index in [1.54, 1.807) is 0 Å². The fraction of sp³-hybridized carbons (Fsp3) is 0.316. The van der Waals surface area contributed by atoms with Crippen LogP contribution in [0, 0.1) is 0 Å². The van der Waals surface area contributed by atoms with Crippen molar-refractivity contribution in [3.8, 4) is 17.2 Å². The number of benzene rings is 2. The predicted octanol–water partition coefficient (Wildman–Crippen LogP) is 4.00. The number of hydrogen-bond donors (Lipinski definition) is 1. The summed E-state index contributed by atoms with van der Waals surface area (Å²) in [7, 11) is 0. The highest BCUT2D eigenvalue weighted by Crippen LogP contribution is 2.25. The molecule has 1 unspecified atom stereocenters. The van der Waals surface area contributed by atoms with Crippen LogP contribution >= 0.6 is 0 Å². The summed E-state index contributed by atoms with van der Waals surface area (Å²) >= 11 is 0. The van der Waals surface area contributed by atoms with Gasteiger partial charge in [0.05, 0.1) is 6.61 Å². The summed E-state index contributed by atoms with van der Waals surface area (Å²) in [4.78, 5) is 12.0. The van der Waals surface area contributed by atoms with Gasteiger partial charge in [0.2, 0.25) is 0 Å². The maximum absolute atomic E-state index is 12.0. The minimum Gasteiger partial charge on any atom is -0.494 e. The van der Waals surface area contributed by atoms with Gasteiger partial charge in [0.15, 0.2) is 0 Å². The first-order chi connectivity index (χ1) is 11.7. The van der Waals surface area contributed by atoms with Crippen LogP contribution in [-0.4, -0.2) is 25.2 Å². The molecule has 2 aromatic rings. The van der Waals surface area contributed by atoms with E-state index in [2.05, 4.69) is 5.32 Å². The van der Waals surface area contributed by atoms with Crippen LogP contribution in [0.15, 0.2) is 48.5 Å². The molecule has 0 bridgehead atoms. The molecule has 3 rings (SSSR count). The molecule has 0 saturated carbocycles. The van der Waals surface area contributed by atoms with Gasteiger partial charge in [-0.15, -0.1) is 0 Å².